The summed E-state index contributed by atoms with van der Waals surface area (Å²) in [6, 6.07) is 4.04. The van der Waals surface area contributed by atoms with Gasteiger partial charge in [-0.2, -0.15) is 0 Å². The first-order valence-corrected chi connectivity index (χ1v) is 10.4. The molecule has 6 atom stereocenters. The number of esters is 1. The van der Waals surface area contributed by atoms with Gasteiger partial charge in [-0.15, -0.1) is 11.3 Å². The zero-order valence-electron chi connectivity index (χ0n) is 15.4. The van der Waals surface area contributed by atoms with Crippen LogP contribution >= 0.6 is 11.3 Å². The van der Waals surface area contributed by atoms with E-state index in [4.69, 9.17) is 9.72 Å². The number of rotatable bonds is 1. The van der Waals surface area contributed by atoms with E-state index < -0.39 is 0 Å². The van der Waals surface area contributed by atoms with E-state index in [2.05, 4.69) is 24.9 Å². The minimum absolute atomic E-state index is 0.00317. The molecule has 3 aliphatic rings. The predicted molar refractivity (Wildman–Crippen MR) is 101 cm³/mol. The third-order valence-corrected chi connectivity index (χ3v) is 8.19. The van der Waals surface area contributed by atoms with Gasteiger partial charge in [-0.3, -0.25) is 9.78 Å². The summed E-state index contributed by atoms with van der Waals surface area (Å²) < 4.78 is 5.92. The van der Waals surface area contributed by atoms with Gasteiger partial charge < -0.3 is 4.74 Å². The third kappa shape index (κ3) is 2.22. The van der Waals surface area contributed by atoms with Crippen LogP contribution < -0.4 is 0 Å². The van der Waals surface area contributed by atoms with Crippen LogP contribution in [-0.4, -0.2) is 22.0 Å². The molecule has 136 valence electrons. The molecular formula is C21H24N2O2S. The molecule has 2 fully saturated rings. The highest BCUT2D eigenvalue weighted by molar-refractivity contribution is 7.15. The van der Waals surface area contributed by atoms with Crippen molar-refractivity contribution in [3.05, 3.63) is 35.1 Å². The van der Waals surface area contributed by atoms with E-state index in [9.17, 15) is 4.79 Å². The number of carbonyl (C=O) groups excluding carboxylic acids is 1. The molecule has 3 heterocycles. The van der Waals surface area contributed by atoms with E-state index in [1.54, 1.807) is 6.20 Å². The van der Waals surface area contributed by atoms with Crippen molar-refractivity contribution in [1.82, 2.24) is 9.97 Å². The number of hydrogen-bond acceptors (Lipinski definition) is 5. The summed E-state index contributed by atoms with van der Waals surface area (Å²) in [5.41, 5.74) is 2.50. The molecule has 5 heteroatoms. The van der Waals surface area contributed by atoms with Crippen molar-refractivity contribution >= 4 is 17.3 Å². The fraction of sp³-hybridized carbons (Fsp3) is 0.571. The Bertz CT molecular complexity index is 864. The van der Waals surface area contributed by atoms with Crippen LogP contribution in [0.15, 0.2) is 24.5 Å². The average molecular weight is 369 g/mol. The van der Waals surface area contributed by atoms with Crippen molar-refractivity contribution in [3.8, 4) is 10.6 Å². The maximum atomic E-state index is 12.2. The van der Waals surface area contributed by atoms with Crippen LogP contribution in [0.5, 0.6) is 0 Å². The van der Waals surface area contributed by atoms with Crippen molar-refractivity contribution in [1.29, 1.82) is 0 Å². The van der Waals surface area contributed by atoms with Crippen LogP contribution in [0, 0.1) is 23.2 Å². The van der Waals surface area contributed by atoms with Gasteiger partial charge in [0.1, 0.15) is 11.1 Å². The number of aromatic nitrogens is 2. The van der Waals surface area contributed by atoms with Crippen molar-refractivity contribution in [2.45, 2.75) is 52.1 Å². The first kappa shape index (κ1) is 16.4. The maximum Gasteiger partial charge on any atom is 0.309 e. The van der Waals surface area contributed by atoms with Crippen LogP contribution in [0.4, 0.5) is 0 Å². The van der Waals surface area contributed by atoms with Gasteiger partial charge in [-0.1, -0.05) is 20.8 Å². The molecule has 5 rings (SSSR count). The van der Waals surface area contributed by atoms with Crippen LogP contribution in [0.25, 0.3) is 10.6 Å². The highest BCUT2D eigenvalue weighted by atomic mass is 32.1. The molecule has 1 aliphatic heterocycles. The van der Waals surface area contributed by atoms with Gasteiger partial charge in [0, 0.05) is 40.6 Å². The SMILES string of the molecule is C[C@@H]1C(=O)O[C@H]2[C@H]1CC[C@@]1(C)Cc3sc(-c4cccnc4)nc3[C@@H](C)[C@H]21. The molecule has 0 amide bonds. The fourth-order valence-electron chi connectivity index (χ4n) is 5.69. The number of ether oxygens (including phenoxy) is 1. The number of hydrogen-bond donors (Lipinski definition) is 0. The number of pyridine rings is 1. The summed E-state index contributed by atoms with van der Waals surface area (Å²) >= 11 is 1.81. The molecule has 26 heavy (non-hydrogen) atoms. The van der Waals surface area contributed by atoms with Gasteiger partial charge in [-0.05, 0) is 36.8 Å². The second-order valence-electron chi connectivity index (χ2n) is 8.61. The van der Waals surface area contributed by atoms with Gasteiger partial charge in [0.15, 0.2) is 0 Å². The Morgan fingerprint density at radius 1 is 1.31 bits per heavy atom. The largest absolute Gasteiger partial charge is 0.461 e. The molecule has 2 aromatic heterocycles. The topological polar surface area (TPSA) is 52.1 Å². The van der Waals surface area contributed by atoms with Gasteiger partial charge in [-0.25, -0.2) is 4.98 Å². The van der Waals surface area contributed by atoms with Gasteiger partial charge >= 0.3 is 5.97 Å². The zero-order valence-corrected chi connectivity index (χ0v) is 16.3. The quantitative estimate of drug-likeness (QED) is 0.698. The minimum atomic E-state index is -0.00317. The number of thiazole rings is 1. The van der Waals surface area contributed by atoms with Gasteiger partial charge in [0.2, 0.25) is 0 Å². The predicted octanol–water partition coefficient (Wildman–Crippen LogP) is 4.46. The van der Waals surface area contributed by atoms with Crippen molar-refractivity contribution in [3.63, 3.8) is 0 Å². The zero-order chi connectivity index (χ0) is 18.1. The van der Waals surface area contributed by atoms with E-state index in [1.807, 2.05) is 30.5 Å². The van der Waals surface area contributed by atoms with Crippen LogP contribution in [0.3, 0.4) is 0 Å². The second-order valence-corrected chi connectivity index (χ2v) is 9.69. The summed E-state index contributed by atoms with van der Waals surface area (Å²) in [6.07, 6.45) is 7.06. The van der Waals surface area contributed by atoms with Crippen LogP contribution in [0.1, 0.15) is 50.1 Å². The molecule has 1 saturated heterocycles. The smallest absolute Gasteiger partial charge is 0.309 e. The summed E-state index contributed by atoms with van der Waals surface area (Å²) in [5.74, 6) is 1.10. The van der Waals surface area contributed by atoms with Gasteiger partial charge in [0.25, 0.3) is 0 Å². The summed E-state index contributed by atoms with van der Waals surface area (Å²) in [6.45, 7) is 6.72. The number of carbonyl (C=O) groups is 1. The highest BCUT2D eigenvalue weighted by Crippen LogP contribution is 2.59. The van der Waals surface area contributed by atoms with E-state index in [0.29, 0.717) is 17.8 Å². The van der Waals surface area contributed by atoms with Crippen molar-refractivity contribution in [2.24, 2.45) is 23.2 Å². The lowest BCUT2D eigenvalue weighted by Gasteiger charge is -2.51. The van der Waals surface area contributed by atoms with E-state index in [1.165, 1.54) is 17.0 Å². The lowest BCUT2D eigenvalue weighted by atomic mass is 9.54. The van der Waals surface area contributed by atoms with Gasteiger partial charge in [0.05, 0.1) is 11.6 Å². The lowest BCUT2D eigenvalue weighted by molar-refractivity contribution is -0.149. The maximum absolute atomic E-state index is 12.2. The number of nitrogens with zero attached hydrogens (tertiary/aromatic N) is 2. The molecule has 0 radical (unpaired) electrons. The third-order valence-electron chi connectivity index (χ3n) is 7.07. The molecule has 2 aromatic rings. The Hall–Kier alpha value is -1.75. The Morgan fingerprint density at radius 3 is 2.92 bits per heavy atom. The van der Waals surface area contributed by atoms with E-state index in [0.717, 1.165) is 23.4 Å². The molecule has 0 spiro atoms. The first-order valence-electron chi connectivity index (χ1n) is 9.58. The average Bonchev–Trinajstić information content (AvgIpc) is 3.17. The summed E-state index contributed by atoms with van der Waals surface area (Å²) in [7, 11) is 0. The second kappa shape index (κ2) is 5.62. The fourth-order valence-corrected chi connectivity index (χ4v) is 7.05. The van der Waals surface area contributed by atoms with Crippen molar-refractivity contribution < 1.29 is 9.53 Å². The molecule has 0 bridgehead atoms. The Balaban J connectivity index is 1.56. The molecule has 2 aliphatic carbocycles. The molecule has 0 aromatic carbocycles. The first-order chi connectivity index (χ1) is 12.5. The Kier molecular flexibility index (Phi) is 3.55. The Labute approximate surface area is 158 Å². The van der Waals surface area contributed by atoms with E-state index in [-0.39, 0.29) is 23.4 Å². The molecule has 1 saturated carbocycles. The summed E-state index contributed by atoms with van der Waals surface area (Å²) in [5, 5.41) is 1.06. The van der Waals surface area contributed by atoms with Crippen LogP contribution in [-0.2, 0) is 16.0 Å². The minimum Gasteiger partial charge on any atom is -0.461 e. The standard InChI is InChI=1S/C21H24N2O2S/c1-11-14-6-7-21(3)9-15-17(12(2)16(21)18(14)25-20(11)24)23-19(26-15)13-5-4-8-22-10-13/h4-5,8,10-12,14,16,18H,6-7,9H2,1-3H3/t11-,12-,14-,16+,18-,21-/m0/s1. The monoisotopic (exact) mass is 368 g/mol. The van der Waals surface area contributed by atoms with E-state index >= 15 is 0 Å². The van der Waals surface area contributed by atoms with Crippen molar-refractivity contribution in [2.75, 3.05) is 0 Å². The molecule has 0 N–H and O–H groups in total. The molecular weight excluding hydrogens is 344 g/mol. The van der Waals surface area contributed by atoms with Crippen LogP contribution in [0.2, 0.25) is 0 Å². The lowest BCUT2D eigenvalue weighted by Crippen LogP contribution is -2.50. The summed E-state index contributed by atoms with van der Waals surface area (Å²) in [4.78, 5) is 22.9. The normalized spacial score (nSPS) is 38.3. The Morgan fingerprint density at radius 2 is 2.15 bits per heavy atom. The molecule has 4 nitrogen and oxygen atoms in total. The number of fused-ring (bicyclic) bond motifs is 4. The molecule has 0 unspecified atom stereocenters. The highest BCUT2D eigenvalue weighted by Gasteiger charge is 2.58.